The standard InChI is InChI=1S/C26H27ClN2O4S/c1-26(2,3)29-34(32,33)21-13-9-18(10-14-21)11-16-24(30)28-23-15-12-20(27)17-22(23)25(31)19-7-5-4-6-8-19/h4-10,12-15,17,29H,11,16H2,1-3H3,(H,28,30). The quantitative estimate of drug-likeness (QED) is 0.416. The fourth-order valence-corrected chi connectivity index (χ4v) is 4.92. The topological polar surface area (TPSA) is 92.3 Å². The van der Waals surface area contributed by atoms with Gasteiger partial charge in [-0.05, 0) is 63.1 Å². The first-order chi connectivity index (χ1) is 15.9. The first kappa shape index (κ1) is 25.6. The Bertz CT molecular complexity index is 1280. The SMILES string of the molecule is CC(C)(C)NS(=O)(=O)c1ccc(CCC(=O)Nc2ccc(Cl)cc2C(=O)c2ccccc2)cc1. The Morgan fingerprint density at radius 1 is 0.912 bits per heavy atom. The maximum absolute atomic E-state index is 12.9. The zero-order chi connectivity index (χ0) is 24.9. The summed E-state index contributed by atoms with van der Waals surface area (Å²) in [7, 11) is -3.62. The molecule has 0 aliphatic carbocycles. The van der Waals surface area contributed by atoms with E-state index in [1.165, 1.54) is 18.2 Å². The molecule has 3 rings (SSSR count). The molecule has 0 radical (unpaired) electrons. The average molecular weight is 499 g/mol. The molecule has 0 atom stereocenters. The third-order valence-corrected chi connectivity index (χ3v) is 6.86. The van der Waals surface area contributed by atoms with Gasteiger partial charge in [-0.25, -0.2) is 13.1 Å². The number of anilines is 1. The molecular weight excluding hydrogens is 472 g/mol. The van der Waals surface area contributed by atoms with E-state index >= 15 is 0 Å². The summed E-state index contributed by atoms with van der Waals surface area (Å²) in [5.41, 5.74) is 1.43. The number of rotatable bonds is 8. The maximum atomic E-state index is 12.9. The predicted octanol–water partition coefficient (Wildman–Crippen LogP) is 5.22. The Morgan fingerprint density at radius 2 is 1.56 bits per heavy atom. The van der Waals surface area contributed by atoms with Gasteiger partial charge in [0.15, 0.2) is 5.78 Å². The van der Waals surface area contributed by atoms with Crippen molar-refractivity contribution in [2.45, 2.75) is 44.0 Å². The predicted molar refractivity (Wildman–Crippen MR) is 135 cm³/mol. The van der Waals surface area contributed by atoms with E-state index in [4.69, 9.17) is 11.6 Å². The van der Waals surface area contributed by atoms with Gasteiger partial charge in [0.2, 0.25) is 15.9 Å². The number of nitrogens with one attached hydrogen (secondary N) is 2. The van der Waals surface area contributed by atoms with Gasteiger partial charge in [-0.1, -0.05) is 54.1 Å². The Balaban J connectivity index is 1.66. The number of carbonyl (C=O) groups excluding carboxylic acids is 2. The molecule has 0 saturated heterocycles. The summed E-state index contributed by atoms with van der Waals surface area (Å²) >= 11 is 6.09. The normalized spacial score (nSPS) is 11.8. The molecule has 0 aromatic heterocycles. The van der Waals surface area contributed by atoms with Crippen molar-refractivity contribution in [1.29, 1.82) is 0 Å². The molecule has 3 aromatic carbocycles. The highest BCUT2D eigenvalue weighted by molar-refractivity contribution is 7.89. The molecule has 0 spiro atoms. The Kier molecular flexibility index (Phi) is 7.92. The van der Waals surface area contributed by atoms with Crippen LogP contribution in [0.1, 0.15) is 48.7 Å². The van der Waals surface area contributed by atoms with E-state index in [0.717, 1.165) is 5.56 Å². The first-order valence-corrected chi connectivity index (χ1v) is 12.6. The maximum Gasteiger partial charge on any atom is 0.241 e. The van der Waals surface area contributed by atoms with E-state index in [9.17, 15) is 18.0 Å². The van der Waals surface area contributed by atoms with Gasteiger partial charge in [0, 0.05) is 28.1 Å². The molecule has 0 saturated carbocycles. The lowest BCUT2D eigenvalue weighted by Crippen LogP contribution is -2.40. The average Bonchev–Trinajstić information content (AvgIpc) is 2.78. The van der Waals surface area contributed by atoms with E-state index in [1.807, 2.05) is 6.07 Å². The summed E-state index contributed by atoms with van der Waals surface area (Å²) in [6.45, 7) is 5.32. The minimum atomic E-state index is -3.62. The monoisotopic (exact) mass is 498 g/mol. The Morgan fingerprint density at radius 3 is 2.18 bits per heavy atom. The van der Waals surface area contributed by atoms with Crippen molar-refractivity contribution in [1.82, 2.24) is 4.72 Å². The molecule has 0 aliphatic heterocycles. The summed E-state index contributed by atoms with van der Waals surface area (Å²) < 4.78 is 27.5. The lowest BCUT2D eigenvalue weighted by atomic mass is 10.0. The highest BCUT2D eigenvalue weighted by Crippen LogP contribution is 2.24. The zero-order valence-electron chi connectivity index (χ0n) is 19.3. The van der Waals surface area contributed by atoms with Crippen LogP contribution in [0.15, 0.2) is 77.7 Å². The number of hydrogen-bond acceptors (Lipinski definition) is 4. The van der Waals surface area contributed by atoms with Gasteiger partial charge in [-0.2, -0.15) is 0 Å². The van der Waals surface area contributed by atoms with Crippen LogP contribution in [0.4, 0.5) is 5.69 Å². The van der Waals surface area contributed by atoms with Gasteiger partial charge in [-0.15, -0.1) is 0 Å². The molecular formula is C26H27ClN2O4S. The van der Waals surface area contributed by atoms with Gasteiger partial charge in [0.25, 0.3) is 0 Å². The molecule has 0 unspecified atom stereocenters. The molecule has 3 aromatic rings. The number of ketones is 1. The van der Waals surface area contributed by atoms with Crippen molar-refractivity contribution < 1.29 is 18.0 Å². The van der Waals surface area contributed by atoms with E-state index in [2.05, 4.69) is 10.0 Å². The van der Waals surface area contributed by atoms with Crippen LogP contribution >= 0.6 is 11.6 Å². The molecule has 1 amide bonds. The second-order valence-electron chi connectivity index (χ2n) is 8.93. The van der Waals surface area contributed by atoms with Crippen molar-refractivity contribution >= 4 is 39.0 Å². The number of halogens is 1. The van der Waals surface area contributed by atoms with E-state index in [0.29, 0.717) is 28.3 Å². The Hall–Kier alpha value is -3.00. The van der Waals surface area contributed by atoms with Crippen molar-refractivity contribution in [3.8, 4) is 0 Å². The van der Waals surface area contributed by atoms with Crippen molar-refractivity contribution in [2.24, 2.45) is 0 Å². The minimum absolute atomic E-state index is 0.161. The first-order valence-electron chi connectivity index (χ1n) is 10.8. The van der Waals surface area contributed by atoms with Crippen LogP contribution in [0.25, 0.3) is 0 Å². The van der Waals surface area contributed by atoms with Gasteiger partial charge >= 0.3 is 0 Å². The van der Waals surface area contributed by atoms with Crippen LogP contribution in [0.3, 0.4) is 0 Å². The molecule has 6 nitrogen and oxygen atoms in total. The number of benzene rings is 3. The molecule has 0 heterocycles. The summed E-state index contributed by atoms with van der Waals surface area (Å²) in [5, 5.41) is 3.19. The van der Waals surface area contributed by atoms with Crippen LogP contribution in [-0.2, 0) is 21.2 Å². The largest absolute Gasteiger partial charge is 0.325 e. The number of amides is 1. The Labute approximate surface area is 205 Å². The molecule has 0 aliphatic rings. The van der Waals surface area contributed by atoms with Crippen LogP contribution in [0, 0.1) is 0 Å². The highest BCUT2D eigenvalue weighted by atomic mass is 35.5. The molecule has 0 bridgehead atoms. The molecule has 178 valence electrons. The molecule has 8 heteroatoms. The van der Waals surface area contributed by atoms with Crippen molar-refractivity contribution in [3.05, 3.63) is 94.5 Å². The summed E-state index contributed by atoms with van der Waals surface area (Å²) in [6, 6.07) is 20.0. The smallest absolute Gasteiger partial charge is 0.241 e. The highest BCUT2D eigenvalue weighted by Gasteiger charge is 2.22. The van der Waals surface area contributed by atoms with Gasteiger partial charge in [-0.3, -0.25) is 9.59 Å². The fourth-order valence-electron chi connectivity index (χ4n) is 3.33. The van der Waals surface area contributed by atoms with Crippen LogP contribution in [-0.4, -0.2) is 25.6 Å². The summed E-state index contributed by atoms with van der Waals surface area (Å²) in [6.07, 6.45) is 0.572. The third kappa shape index (κ3) is 7.00. The fraction of sp³-hybridized carbons (Fsp3) is 0.231. The van der Waals surface area contributed by atoms with Crippen LogP contribution in [0.2, 0.25) is 5.02 Å². The lowest BCUT2D eigenvalue weighted by molar-refractivity contribution is -0.116. The van der Waals surface area contributed by atoms with Gasteiger partial charge in [0.1, 0.15) is 0 Å². The van der Waals surface area contributed by atoms with Crippen molar-refractivity contribution in [3.63, 3.8) is 0 Å². The molecule has 34 heavy (non-hydrogen) atoms. The number of sulfonamides is 1. The summed E-state index contributed by atoms with van der Waals surface area (Å²) in [4.78, 5) is 25.7. The molecule has 2 N–H and O–H groups in total. The van der Waals surface area contributed by atoms with Crippen LogP contribution in [0.5, 0.6) is 0 Å². The minimum Gasteiger partial charge on any atom is -0.325 e. The second-order valence-corrected chi connectivity index (χ2v) is 11.1. The summed E-state index contributed by atoms with van der Waals surface area (Å²) in [5.74, 6) is -0.505. The van der Waals surface area contributed by atoms with E-state index < -0.39 is 15.6 Å². The van der Waals surface area contributed by atoms with Gasteiger partial charge < -0.3 is 5.32 Å². The second kappa shape index (κ2) is 10.5. The van der Waals surface area contributed by atoms with Crippen molar-refractivity contribution in [2.75, 3.05) is 5.32 Å². The lowest BCUT2D eigenvalue weighted by Gasteiger charge is -2.20. The van der Waals surface area contributed by atoms with Gasteiger partial charge in [0.05, 0.1) is 10.6 Å². The van der Waals surface area contributed by atoms with E-state index in [1.54, 1.807) is 69.3 Å². The van der Waals surface area contributed by atoms with Crippen LogP contribution < -0.4 is 10.0 Å². The number of aryl methyl sites for hydroxylation is 1. The number of hydrogen-bond donors (Lipinski definition) is 2. The third-order valence-electron chi connectivity index (χ3n) is 4.85. The number of carbonyl (C=O) groups is 2. The zero-order valence-corrected chi connectivity index (χ0v) is 20.8. The molecule has 0 fully saturated rings. The van der Waals surface area contributed by atoms with E-state index in [-0.39, 0.29) is 23.0 Å².